The fraction of sp³-hybridized carbons (Fsp3) is 0.900. The summed E-state index contributed by atoms with van der Waals surface area (Å²) in [5.41, 5.74) is 0.136. The Morgan fingerprint density at radius 3 is 2.62 bits per heavy atom. The van der Waals surface area contributed by atoms with Gasteiger partial charge in [-0.05, 0) is 37.8 Å². The van der Waals surface area contributed by atoms with Crippen molar-refractivity contribution in [1.82, 2.24) is 10.6 Å². The van der Waals surface area contributed by atoms with Gasteiger partial charge in [-0.2, -0.15) is 0 Å². The molecular weight excluding hydrogens is 238 g/mol. The Morgan fingerprint density at radius 1 is 1.44 bits per heavy atom. The minimum absolute atomic E-state index is 0. The lowest BCUT2D eigenvalue weighted by Crippen LogP contribution is -2.35. The molecule has 1 aliphatic heterocycles. The van der Waals surface area contributed by atoms with E-state index in [1.165, 1.54) is 0 Å². The highest BCUT2D eigenvalue weighted by molar-refractivity contribution is 5.85. The number of alkyl halides is 2. The molecule has 2 N–H and O–H groups in total. The maximum atomic E-state index is 11.9. The van der Waals surface area contributed by atoms with E-state index in [0.717, 1.165) is 32.4 Å². The SMILES string of the molecule is Cl.O=C(NCC(F)F)C1CC12CCNCC2. The van der Waals surface area contributed by atoms with Crippen LogP contribution in [-0.2, 0) is 4.79 Å². The van der Waals surface area contributed by atoms with Gasteiger partial charge in [0.15, 0.2) is 0 Å². The van der Waals surface area contributed by atoms with Crippen molar-refractivity contribution in [3.8, 4) is 0 Å². The number of halogens is 3. The van der Waals surface area contributed by atoms with Crippen molar-refractivity contribution in [2.75, 3.05) is 19.6 Å². The van der Waals surface area contributed by atoms with Crippen LogP contribution in [0.3, 0.4) is 0 Å². The number of nitrogens with one attached hydrogen (secondary N) is 2. The summed E-state index contributed by atoms with van der Waals surface area (Å²) in [6.07, 6.45) is 0.431. The predicted molar refractivity (Wildman–Crippen MR) is 58.9 cm³/mol. The first-order chi connectivity index (χ1) is 7.14. The number of rotatable bonds is 3. The van der Waals surface area contributed by atoms with Gasteiger partial charge in [0.1, 0.15) is 0 Å². The van der Waals surface area contributed by atoms with Crippen molar-refractivity contribution < 1.29 is 13.6 Å². The van der Waals surface area contributed by atoms with Crippen LogP contribution in [0.2, 0.25) is 0 Å². The maximum Gasteiger partial charge on any atom is 0.255 e. The molecule has 2 fully saturated rings. The second-order valence-electron chi connectivity index (χ2n) is 4.51. The minimum Gasteiger partial charge on any atom is -0.350 e. The van der Waals surface area contributed by atoms with Crippen molar-refractivity contribution in [3.63, 3.8) is 0 Å². The molecule has 1 atom stereocenters. The van der Waals surface area contributed by atoms with E-state index in [9.17, 15) is 13.6 Å². The van der Waals surface area contributed by atoms with Gasteiger partial charge < -0.3 is 10.6 Å². The van der Waals surface area contributed by atoms with Gasteiger partial charge in [0.25, 0.3) is 6.43 Å². The molecule has 1 unspecified atom stereocenters. The van der Waals surface area contributed by atoms with E-state index in [1.807, 2.05) is 0 Å². The summed E-state index contributed by atoms with van der Waals surface area (Å²) in [6, 6.07) is 0. The quantitative estimate of drug-likeness (QED) is 0.794. The highest BCUT2D eigenvalue weighted by Gasteiger charge is 2.57. The second kappa shape index (κ2) is 5.27. The first-order valence-electron chi connectivity index (χ1n) is 5.41. The van der Waals surface area contributed by atoms with Crippen molar-refractivity contribution in [3.05, 3.63) is 0 Å². The fourth-order valence-corrected chi connectivity index (χ4v) is 2.50. The van der Waals surface area contributed by atoms with Crippen molar-refractivity contribution in [1.29, 1.82) is 0 Å². The lowest BCUT2D eigenvalue weighted by Gasteiger charge is -2.23. The molecule has 0 bridgehead atoms. The van der Waals surface area contributed by atoms with E-state index in [0.29, 0.717) is 0 Å². The van der Waals surface area contributed by atoms with Crippen LogP contribution >= 0.6 is 12.4 Å². The molecule has 1 amide bonds. The van der Waals surface area contributed by atoms with Gasteiger partial charge in [0.05, 0.1) is 6.54 Å². The average molecular weight is 255 g/mol. The smallest absolute Gasteiger partial charge is 0.255 e. The standard InChI is InChI=1S/C10H16F2N2O.ClH/c11-8(12)6-14-9(15)7-5-10(7)1-3-13-4-2-10;/h7-8,13H,1-6H2,(H,14,15);1H. The number of piperidine rings is 1. The molecule has 0 aromatic heterocycles. The van der Waals surface area contributed by atoms with E-state index in [1.54, 1.807) is 0 Å². The molecule has 0 radical (unpaired) electrons. The minimum atomic E-state index is -2.45. The van der Waals surface area contributed by atoms with Gasteiger partial charge in [-0.25, -0.2) is 8.78 Å². The highest BCUT2D eigenvalue weighted by atomic mass is 35.5. The van der Waals surface area contributed by atoms with Crippen molar-refractivity contribution in [2.24, 2.45) is 11.3 Å². The van der Waals surface area contributed by atoms with Crippen LogP contribution in [0.4, 0.5) is 8.78 Å². The normalized spacial score (nSPS) is 26.3. The first kappa shape index (κ1) is 13.6. The van der Waals surface area contributed by atoms with Crippen LogP contribution in [0.5, 0.6) is 0 Å². The third-order valence-corrected chi connectivity index (χ3v) is 3.54. The number of carbonyl (C=O) groups excluding carboxylic acids is 1. The third kappa shape index (κ3) is 2.83. The molecule has 0 aromatic carbocycles. The van der Waals surface area contributed by atoms with Gasteiger partial charge in [-0.3, -0.25) is 4.79 Å². The molecule has 2 aliphatic rings. The summed E-state index contributed by atoms with van der Waals surface area (Å²) in [5.74, 6) is -0.199. The van der Waals surface area contributed by atoms with E-state index in [2.05, 4.69) is 10.6 Å². The monoisotopic (exact) mass is 254 g/mol. The summed E-state index contributed by atoms with van der Waals surface area (Å²) >= 11 is 0. The molecule has 16 heavy (non-hydrogen) atoms. The molecule has 1 heterocycles. The lowest BCUT2D eigenvalue weighted by atomic mass is 9.92. The predicted octanol–water partition coefficient (Wildman–Crippen LogP) is 1.18. The van der Waals surface area contributed by atoms with Gasteiger partial charge >= 0.3 is 0 Å². The Balaban J connectivity index is 0.00000128. The number of amides is 1. The summed E-state index contributed by atoms with van der Waals surface area (Å²) in [4.78, 5) is 11.5. The Kier molecular flexibility index (Phi) is 4.50. The molecule has 6 heteroatoms. The molecule has 2 rings (SSSR count). The zero-order chi connectivity index (χ0) is 10.9. The van der Waals surface area contributed by atoms with Crippen LogP contribution in [0.1, 0.15) is 19.3 Å². The Bertz CT molecular complexity index is 257. The summed E-state index contributed by atoms with van der Waals surface area (Å²) in [5, 5.41) is 5.54. The van der Waals surface area contributed by atoms with Gasteiger partial charge in [-0.1, -0.05) is 0 Å². The Morgan fingerprint density at radius 2 is 2.06 bits per heavy atom. The largest absolute Gasteiger partial charge is 0.350 e. The zero-order valence-electron chi connectivity index (χ0n) is 8.97. The van der Waals surface area contributed by atoms with Crippen LogP contribution in [0, 0.1) is 11.3 Å². The van der Waals surface area contributed by atoms with Crippen molar-refractivity contribution >= 4 is 18.3 Å². The molecule has 1 spiro atoms. The number of carbonyl (C=O) groups is 1. The average Bonchev–Trinajstić information content (AvgIpc) is 2.90. The van der Waals surface area contributed by atoms with Gasteiger partial charge in [0.2, 0.25) is 5.91 Å². The Labute approximate surface area is 99.8 Å². The van der Waals surface area contributed by atoms with Gasteiger partial charge in [0, 0.05) is 5.92 Å². The van der Waals surface area contributed by atoms with E-state index in [-0.39, 0.29) is 29.6 Å². The fourth-order valence-electron chi connectivity index (χ4n) is 2.50. The van der Waals surface area contributed by atoms with Crippen LogP contribution < -0.4 is 10.6 Å². The summed E-state index contributed by atoms with van der Waals surface area (Å²) in [6.45, 7) is 1.38. The molecule has 1 saturated heterocycles. The zero-order valence-corrected chi connectivity index (χ0v) is 9.79. The second-order valence-corrected chi connectivity index (χ2v) is 4.51. The van der Waals surface area contributed by atoms with E-state index < -0.39 is 13.0 Å². The summed E-state index contributed by atoms with van der Waals surface area (Å²) < 4.78 is 23.8. The lowest BCUT2D eigenvalue weighted by molar-refractivity contribution is -0.123. The van der Waals surface area contributed by atoms with Gasteiger partial charge in [-0.15, -0.1) is 12.4 Å². The van der Waals surface area contributed by atoms with Crippen LogP contribution in [-0.4, -0.2) is 32.0 Å². The highest BCUT2D eigenvalue weighted by Crippen LogP contribution is 2.58. The molecular formula is C10H17ClF2N2O. The first-order valence-corrected chi connectivity index (χ1v) is 5.41. The Hall–Kier alpha value is -0.420. The molecule has 1 aliphatic carbocycles. The summed E-state index contributed by atoms with van der Waals surface area (Å²) in [7, 11) is 0. The van der Waals surface area contributed by atoms with Crippen LogP contribution in [0.15, 0.2) is 0 Å². The maximum absolute atomic E-state index is 11.9. The van der Waals surface area contributed by atoms with Crippen molar-refractivity contribution in [2.45, 2.75) is 25.7 Å². The molecule has 94 valence electrons. The molecule has 3 nitrogen and oxygen atoms in total. The van der Waals surface area contributed by atoms with Crippen LogP contribution in [0.25, 0.3) is 0 Å². The molecule has 1 saturated carbocycles. The van der Waals surface area contributed by atoms with E-state index >= 15 is 0 Å². The van der Waals surface area contributed by atoms with E-state index in [4.69, 9.17) is 0 Å². The number of hydrogen-bond donors (Lipinski definition) is 2. The molecule has 0 aromatic rings. The third-order valence-electron chi connectivity index (χ3n) is 3.54. The topological polar surface area (TPSA) is 41.1 Å². The number of hydrogen-bond acceptors (Lipinski definition) is 2.